The predicted molar refractivity (Wildman–Crippen MR) is 101 cm³/mol. The number of amides is 1. The summed E-state index contributed by atoms with van der Waals surface area (Å²) in [6, 6.07) is 8.78. The van der Waals surface area contributed by atoms with Crippen molar-refractivity contribution < 1.29 is 18.7 Å². The summed E-state index contributed by atoms with van der Waals surface area (Å²) in [7, 11) is 1.50. The number of nitrogens with zero attached hydrogens (tertiary/aromatic N) is 3. The molecule has 1 aliphatic rings. The molecule has 1 amide bonds. The lowest BCUT2D eigenvalue weighted by atomic mass is 10.1. The van der Waals surface area contributed by atoms with Crippen LogP contribution >= 0.6 is 0 Å². The van der Waals surface area contributed by atoms with E-state index in [4.69, 9.17) is 13.9 Å². The number of aromatic nitrogens is 2. The van der Waals surface area contributed by atoms with Gasteiger partial charge in [0.1, 0.15) is 11.7 Å². The number of hydrogen-bond donors (Lipinski definition) is 0. The van der Waals surface area contributed by atoms with Gasteiger partial charge in [-0.3, -0.25) is 4.79 Å². The van der Waals surface area contributed by atoms with Gasteiger partial charge in [0.05, 0.1) is 13.7 Å². The monoisotopic (exact) mass is 381 g/mol. The number of rotatable bonds is 4. The van der Waals surface area contributed by atoms with Crippen molar-refractivity contribution in [3.8, 4) is 11.8 Å². The topological polar surface area (TPSA) is 94.8 Å². The third-order valence-electron chi connectivity index (χ3n) is 4.65. The van der Waals surface area contributed by atoms with Crippen LogP contribution in [0.3, 0.4) is 0 Å². The number of benzene rings is 1. The van der Waals surface area contributed by atoms with E-state index >= 15 is 0 Å². The molecule has 1 fully saturated rings. The molecule has 2 aromatic heterocycles. The van der Waals surface area contributed by atoms with Gasteiger partial charge < -0.3 is 18.8 Å². The highest BCUT2D eigenvalue weighted by Gasteiger charge is 2.28. The minimum absolute atomic E-state index is 0.00244. The van der Waals surface area contributed by atoms with Crippen LogP contribution < -0.4 is 15.1 Å². The van der Waals surface area contributed by atoms with Crippen LogP contribution in [0.15, 0.2) is 51.9 Å². The van der Waals surface area contributed by atoms with Crippen LogP contribution in [0.4, 0.5) is 0 Å². The van der Waals surface area contributed by atoms with Crippen LogP contribution in [-0.2, 0) is 0 Å². The first-order chi connectivity index (χ1) is 13.7. The SMILES string of the molecule is COc1cccc2cc(C(=O)N3CCCC(Oc4ncccn4)C3)c(=O)oc12. The molecule has 8 heteroatoms. The van der Waals surface area contributed by atoms with Gasteiger partial charge in [0.2, 0.25) is 0 Å². The molecule has 3 aromatic rings. The van der Waals surface area contributed by atoms with Gasteiger partial charge in [-0.15, -0.1) is 0 Å². The molecule has 1 atom stereocenters. The third kappa shape index (κ3) is 3.53. The predicted octanol–water partition coefficient (Wildman–Crippen LogP) is 2.28. The molecule has 1 unspecified atom stereocenters. The summed E-state index contributed by atoms with van der Waals surface area (Å²) in [4.78, 5) is 35.1. The summed E-state index contributed by atoms with van der Waals surface area (Å²) < 4.78 is 16.4. The van der Waals surface area contributed by atoms with Gasteiger partial charge in [0, 0.05) is 24.3 Å². The molecule has 0 bridgehead atoms. The Kier molecular flexibility index (Phi) is 4.92. The molecule has 3 heterocycles. The molecule has 0 spiro atoms. The molecule has 0 saturated carbocycles. The summed E-state index contributed by atoms with van der Waals surface area (Å²) in [5, 5.41) is 0.629. The summed E-state index contributed by atoms with van der Waals surface area (Å²) >= 11 is 0. The van der Waals surface area contributed by atoms with E-state index in [2.05, 4.69) is 9.97 Å². The summed E-state index contributed by atoms with van der Waals surface area (Å²) in [6.07, 6.45) is 4.51. The molecule has 1 saturated heterocycles. The Morgan fingerprint density at radius 2 is 2.07 bits per heavy atom. The zero-order valence-electron chi connectivity index (χ0n) is 15.3. The Labute approximate surface area is 160 Å². The van der Waals surface area contributed by atoms with Gasteiger partial charge in [-0.05, 0) is 31.0 Å². The van der Waals surface area contributed by atoms with Gasteiger partial charge in [-0.1, -0.05) is 12.1 Å². The maximum absolute atomic E-state index is 13.0. The van der Waals surface area contributed by atoms with Gasteiger partial charge in [0.25, 0.3) is 5.91 Å². The highest BCUT2D eigenvalue weighted by Crippen LogP contribution is 2.25. The molecule has 1 aromatic carbocycles. The second-order valence-corrected chi connectivity index (χ2v) is 6.49. The van der Waals surface area contributed by atoms with E-state index in [1.54, 1.807) is 47.6 Å². The largest absolute Gasteiger partial charge is 0.493 e. The maximum atomic E-state index is 13.0. The summed E-state index contributed by atoms with van der Waals surface area (Å²) in [5.41, 5.74) is -0.360. The molecular weight excluding hydrogens is 362 g/mol. The number of carbonyl (C=O) groups excluding carboxylic acids is 1. The minimum Gasteiger partial charge on any atom is -0.493 e. The summed E-state index contributed by atoms with van der Waals surface area (Å²) in [5.74, 6) is 0.0728. The molecule has 144 valence electrons. The van der Waals surface area contributed by atoms with Crippen LogP contribution in [0.5, 0.6) is 11.8 Å². The van der Waals surface area contributed by atoms with Crippen molar-refractivity contribution in [3.63, 3.8) is 0 Å². The number of carbonyl (C=O) groups is 1. The van der Waals surface area contributed by atoms with Crippen molar-refractivity contribution in [1.82, 2.24) is 14.9 Å². The molecule has 1 aliphatic heterocycles. The molecule has 4 rings (SSSR count). The molecule has 28 heavy (non-hydrogen) atoms. The van der Waals surface area contributed by atoms with E-state index in [1.807, 2.05) is 0 Å². The van der Waals surface area contributed by atoms with E-state index in [0.29, 0.717) is 29.8 Å². The quantitative estimate of drug-likeness (QED) is 0.640. The standard InChI is InChI=1S/C20H19N3O5/c1-26-16-7-2-5-13-11-15(19(25)28-17(13)16)18(24)23-10-3-6-14(12-23)27-20-21-8-4-9-22-20/h2,4-5,7-9,11,14H,3,6,10,12H2,1H3. The van der Waals surface area contributed by atoms with Crippen LogP contribution in [0.2, 0.25) is 0 Å². The van der Waals surface area contributed by atoms with E-state index in [1.165, 1.54) is 7.11 Å². The fourth-order valence-electron chi connectivity index (χ4n) is 3.31. The highest BCUT2D eigenvalue weighted by atomic mass is 16.5. The number of para-hydroxylation sites is 1. The van der Waals surface area contributed by atoms with Gasteiger partial charge in [-0.25, -0.2) is 14.8 Å². The number of methoxy groups -OCH3 is 1. The number of hydrogen-bond acceptors (Lipinski definition) is 7. The van der Waals surface area contributed by atoms with Gasteiger partial charge in [0.15, 0.2) is 11.3 Å². The zero-order valence-corrected chi connectivity index (χ0v) is 15.3. The van der Waals surface area contributed by atoms with Crippen molar-refractivity contribution in [1.29, 1.82) is 0 Å². The zero-order chi connectivity index (χ0) is 19.5. The number of piperidine rings is 1. The Hall–Kier alpha value is -3.42. The third-order valence-corrected chi connectivity index (χ3v) is 4.65. The Morgan fingerprint density at radius 1 is 1.25 bits per heavy atom. The van der Waals surface area contributed by atoms with Gasteiger partial charge in [-0.2, -0.15) is 0 Å². The fourth-order valence-corrected chi connectivity index (χ4v) is 3.31. The Bertz CT molecular complexity index is 1050. The maximum Gasteiger partial charge on any atom is 0.349 e. The highest BCUT2D eigenvalue weighted by molar-refractivity contribution is 5.97. The summed E-state index contributed by atoms with van der Waals surface area (Å²) in [6.45, 7) is 0.899. The minimum atomic E-state index is -0.684. The van der Waals surface area contributed by atoms with Crippen LogP contribution in [-0.4, -0.2) is 47.1 Å². The molecule has 0 N–H and O–H groups in total. The Morgan fingerprint density at radius 3 is 2.86 bits per heavy atom. The second kappa shape index (κ2) is 7.67. The average Bonchev–Trinajstić information content (AvgIpc) is 2.73. The van der Waals surface area contributed by atoms with E-state index in [-0.39, 0.29) is 23.6 Å². The van der Waals surface area contributed by atoms with E-state index < -0.39 is 5.63 Å². The number of fused-ring (bicyclic) bond motifs is 1. The molecule has 8 nitrogen and oxygen atoms in total. The van der Waals surface area contributed by atoms with Gasteiger partial charge >= 0.3 is 11.6 Å². The normalized spacial score (nSPS) is 16.8. The van der Waals surface area contributed by atoms with Crippen molar-refractivity contribution in [3.05, 3.63) is 58.7 Å². The first kappa shape index (κ1) is 18.0. The van der Waals surface area contributed by atoms with Crippen molar-refractivity contribution in [2.24, 2.45) is 0 Å². The van der Waals surface area contributed by atoms with Crippen LogP contribution in [0.25, 0.3) is 11.0 Å². The lowest BCUT2D eigenvalue weighted by molar-refractivity contribution is 0.0512. The first-order valence-electron chi connectivity index (χ1n) is 8.99. The molecule has 0 aliphatic carbocycles. The van der Waals surface area contributed by atoms with Crippen LogP contribution in [0.1, 0.15) is 23.2 Å². The van der Waals surface area contributed by atoms with E-state index in [9.17, 15) is 9.59 Å². The molecule has 0 radical (unpaired) electrons. The van der Waals surface area contributed by atoms with E-state index in [0.717, 1.165) is 12.8 Å². The number of ether oxygens (including phenoxy) is 2. The lowest BCUT2D eigenvalue weighted by Crippen LogP contribution is -2.45. The fraction of sp³-hybridized carbons (Fsp3) is 0.300. The lowest BCUT2D eigenvalue weighted by Gasteiger charge is -2.32. The van der Waals surface area contributed by atoms with Crippen molar-refractivity contribution in [2.75, 3.05) is 20.2 Å². The average molecular weight is 381 g/mol. The van der Waals surface area contributed by atoms with Crippen molar-refractivity contribution >= 4 is 16.9 Å². The van der Waals surface area contributed by atoms with Crippen molar-refractivity contribution in [2.45, 2.75) is 18.9 Å². The second-order valence-electron chi connectivity index (χ2n) is 6.49. The Balaban J connectivity index is 1.57. The first-order valence-corrected chi connectivity index (χ1v) is 8.99. The molecular formula is C20H19N3O5. The van der Waals surface area contributed by atoms with Crippen LogP contribution in [0, 0.1) is 0 Å². The number of likely N-dealkylation sites (tertiary alicyclic amines) is 1. The smallest absolute Gasteiger partial charge is 0.349 e.